The number of anilines is 1. The quantitative estimate of drug-likeness (QED) is 0.225. The summed E-state index contributed by atoms with van der Waals surface area (Å²) in [5.41, 5.74) is -0.686. The minimum absolute atomic E-state index is 0.0284. The number of imide groups is 2. The summed E-state index contributed by atoms with van der Waals surface area (Å²) in [5.74, 6) is -0.361. The van der Waals surface area contributed by atoms with Crippen molar-refractivity contribution in [3.8, 4) is 11.5 Å². The largest absolute Gasteiger partial charge is 0.457 e. The molecule has 0 atom stereocenters. The molecule has 0 unspecified atom stereocenters. The number of carbonyl (C=O) groups excluding carboxylic acids is 3. The second-order valence-corrected chi connectivity index (χ2v) is 12.1. The van der Waals surface area contributed by atoms with Gasteiger partial charge in [-0.3, -0.25) is 25.1 Å². The Bertz CT molecular complexity index is 1570. The van der Waals surface area contributed by atoms with Gasteiger partial charge in [-0.25, -0.2) is 13.2 Å². The molecule has 232 valence electrons. The van der Waals surface area contributed by atoms with Gasteiger partial charge in [0.25, 0.3) is 11.8 Å². The number of hydrogen-bond donors (Lipinski definition) is 4. The molecule has 4 N–H and O–H groups in total. The number of carbonyl (C=O) groups is 3. The molecule has 5 rings (SSSR count). The van der Waals surface area contributed by atoms with Crippen LogP contribution < -0.4 is 20.3 Å². The Hall–Kier alpha value is -4.34. The third-order valence-electron chi connectivity index (χ3n) is 7.65. The third-order valence-corrected chi connectivity index (χ3v) is 9.57. The topological polar surface area (TPSA) is 169 Å². The van der Waals surface area contributed by atoms with Crippen molar-refractivity contribution in [1.82, 2.24) is 19.8 Å². The first-order valence-corrected chi connectivity index (χ1v) is 15.5. The average molecular weight is 624 g/mol. The number of nitrogens with one attached hydrogen (secondary N) is 2. The number of aliphatic hydroxyl groups is 2. The van der Waals surface area contributed by atoms with Gasteiger partial charge in [0.15, 0.2) is 0 Å². The summed E-state index contributed by atoms with van der Waals surface area (Å²) in [6.45, 7) is 0.333. The Kier molecular flexibility index (Phi) is 9.27. The minimum atomic E-state index is -3.91. The van der Waals surface area contributed by atoms with Crippen LogP contribution in [0.25, 0.3) is 0 Å². The normalized spacial score (nSPS) is 17.3. The van der Waals surface area contributed by atoms with E-state index in [0.717, 1.165) is 9.99 Å². The maximum absolute atomic E-state index is 13.5. The zero-order valence-electron chi connectivity index (χ0n) is 23.8. The lowest BCUT2D eigenvalue weighted by atomic mass is 9.84. The highest BCUT2D eigenvalue weighted by Crippen LogP contribution is 2.35. The maximum Gasteiger partial charge on any atom is 0.328 e. The average Bonchev–Trinajstić information content (AvgIpc) is 3.02. The Morgan fingerprint density at radius 1 is 0.750 bits per heavy atom. The smallest absolute Gasteiger partial charge is 0.328 e. The Labute approximate surface area is 254 Å². The van der Waals surface area contributed by atoms with Crippen LogP contribution >= 0.6 is 0 Å². The Balaban J connectivity index is 1.35. The van der Waals surface area contributed by atoms with Gasteiger partial charge in [0.2, 0.25) is 15.6 Å². The fourth-order valence-electron chi connectivity index (χ4n) is 5.50. The molecule has 0 radical (unpaired) electrons. The monoisotopic (exact) mass is 623 g/mol. The summed E-state index contributed by atoms with van der Waals surface area (Å²) in [6, 6.07) is 21.1. The van der Waals surface area contributed by atoms with E-state index in [1.54, 1.807) is 53.4 Å². The molecule has 3 aromatic rings. The van der Waals surface area contributed by atoms with Gasteiger partial charge in [0.05, 0.1) is 18.1 Å². The van der Waals surface area contributed by atoms with Gasteiger partial charge in [0, 0.05) is 45.0 Å². The number of benzene rings is 3. The predicted molar refractivity (Wildman–Crippen MR) is 159 cm³/mol. The molecule has 44 heavy (non-hydrogen) atoms. The van der Waals surface area contributed by atoms with E-state index in [9.17, 15) is 33.0 Å². The van der Waals surface area contributed by atoms with Crippen molar-refractivity contribution in [3.05, 3.63) is 84.4 Å². The number of piperazine rings is 1. The lowest BCUT2D eigenvalue weighted by Crippen LogP contribution is -2.73. The number of barbiturate groups is 1. The number of sulfonamides is 1. The molecule has 4 amide bonds. The second kappa shape index (κ2) is 13.1. The van der Waals surface area contributed by atoms with E-state index in [1.807, 2.05) is 23.1 Å². The number of urea groups is 1. The molecule has 2 saturated heterocycles. The number of amides is 4. The first kappa shape index (κ1) is 31.1. The molecule has 2 fully saturated rings. The van der Waals surface area contributed by atoms with Crippen molar-refractivity contribution in [2.24, 2.45) is 0 Å². The lowest BCUT2D eigenvalue weighted by Gasteiger charge is -2.47. The zero-order valence-corrected chi connectivity index (χ0v) is 24.6. The number of rotatable bonds is 11. The van der Waals surface area contributed by atoms with Crippen LogP contribution in [0.5, 0.6) is 11.5 Å². The van der Waals surface area contributed by atoms with Crippen LogP contribution in [-0.2, 0) is 25.2 Å². The van der Waals surface area contributed by atoms with E-state index in [4.69, 9.17) is 4.74 Å². The van der Waals surface area contributed by atoms with Crippen LogP contribution in [0.1, 0.15) is 5.56 Å². The molecule has 0 saturated carbocycles. The molecule has 2 heterocycles. The molecule has 2 aliphatic rings. The van der Waals surface area contributed by atoms with Crippen LogP contribution in [-0.4, -0.2) is 98.2 Å². The summed E-state index contributed by atoms with van der Waals surface area (Å²) < 4.78 is 32.8. The van der Waals surface area contributed by atoms with Crippen molar-refractivity contribution in [3.63, 3.8) is 0 Å². The molecular formula is C30H33N5O8S. The van der Waals surface area contributed by atoms with E-state index >= 15 is 0 Å². The molecule has 0 spiro atoms. The number of aliphatic hydroxyl groups excluding tert-OH is 2. The van der Waals surface area contributed by atoms with Gasteiger partial charge in [-0.15, -0.1) is 0 Å². The van der Waals surface area contributed by atoms with Crippen LogP contribution in [0, 0.1) is 0 Å². The summed E-state index contributed by atoms with van der Waals surface area (Å²) in [5, 5.41) is 23.0. The fourth-order valence-corrected chi connectivity index (χ4v) is 6.92. The van der Waals surface area contributed by atoms with Crippen molar-refractivity contribution >= 4 is 33.6 Å². The van der Waals surface area contributed by atoms with Crippen LogP contribution in [0.2, 0.25) is 0 Å². The first-order valence-electron chi connectivity index (χ1n) is 14.0. The number of ether oxygens (including phenoxy) is 1. The van der Waals surface area contributed by atoms with E-state index in [1.165, 1.54) is 12.1 Å². The van der Waals surface area contributed by atoms with E-state index in [-0.39, 0.29) is 44.3 Å². The molecular weight excluding hydrogens is 590 g/mol. The van der Waals surface area contributed by atoms with Crippen LogP contribution in [0.4, 0.5) is 10.5 Å². The van der Waals surface area contributed by atoms with Gasteiger partial charge in [0.1, 0.15) is 11.5 Å². The van der Waals surface area contributed by atoms with E-state index in [2.05, 4.69) is 10.6 Å². The highest BCUT2D eigenvalue weighted by atomic mass is 32.2. The molecule has 14 heteroatoms. The first-order chi connectivity index (χ1) is 21.2. The van der Waals surface area contributed by atoms with Crippen molar-refractivity contribution in [2.45, 2.75) is 10.4 Å². The summed E-state index contributed by atoms with van der Waals surface area (Å²) in [6.07, 6.45) is 0. The summed E-state index contributed by atoms with van der Waals surface area (Å²) in [4.78, 5) is 42.7. The van der Waals surface area contributed by atoms with Crippen LogP contribution in [0.15, 0.2) is 83.8 Å². The molecule has 0 aromatic heterocycles. The zero-order chi connectivity index (χ0) is 31.3. The number of hydrogen-bond acceptors (Lipinski definition) is 10. The lowest BCUT2D eigenvalue weighted by molar-refractivity contribution is -0.149. The number of nitrogens with zero attached hydrogens (tertiary/aromatic N) is 3. The van der Waals surface area contributed by atoms with Gasteiger partial charge >= 0.3 is 6.03 Å². The maximum atomic E-state index is 13.5. The number of para-hydroxylation sites is 1. The van der Waals surface area contributed by atoms with Gasteiger partial charge in [-0.2, -0.15) is 4.31 Å². The van der Waals surface area contributed by atoms with Gasteiger partial charge in [-0.1, -0.05) is 30.3 Å². The summed E-state index contributed by atoms with van der Waals surface area (Å²) in [7, 11) is -3.91. The van der Waals surface area contributed by atoms with E-state index < -0.39 is 33.4 Å². The Morgan fingerprint density at radius 3 is 1.84 bits per heavy atom. The SMILES string of the molecule is O=C1NC(=O)C(c2ccc(Oc3ccccc3)cc2)(N2CCN(c3ccc(S(=O)(=O)N(CCO)CCO)cc3)CC2)C(=O)N1. The molecule has 3 aromatic carbocycles. The van der Waals surface area contributed by atoms with Crippen molar-refractivity contribution in [2.75, 3.05) is 57.4 Å². The second-order valence-electron chi connectivity index (χ2n) is 10.2. The highest BCUT2D eigenvalue weighted by molar-refractivity contribution is 7.89. The molecule has 0 aliphatic carbocycles. The molecule has 13 nitrogen and oxygen atoms in total. The fraction of sp³-hybridized carbons (Fsp3) is 0.300. The minimum Gasteiger partial charge on any atom is -0.457 e. The van der Waals surface area contributed by atoms with E-state index in [0.29, 0.717) is 30.2 Å². The van der Waals surface area contributed by atoms with Crippen molar-refractivity contribution < 1.29 is 37.8 Å². The van der Waals surface area contributed by atoms with Crippen LogP contribution in [0.3, 0.4) is 0 Å². The predicted octanol–water partition coefficient (Wildman–Crippen LogP) is 0.838. The highest BCUT2D eigenvalue weighted by Gasteiger charge is 2.56. The molecule has 0 bridgehead atoms. The Morgan fingerprint density at radius 2 is 1.30 bits per heavy atom. The van der Waals surface area contributed by atoms with Gasteiger partial charge in [-0.05, 0) is 54.1 Å². The van der Waals surface area contributed by atoms with Crippen molar-refractivity contribution in [1.29, 1.82) is 0 Å². The van der Waals surface area contributed by atoms with Gasteiger partial charge < -0.3 is 19.8 Å². The third kappa shape index (κ3) is 6.02. The summed E-state index contributed by atoms with van der Waals surface area (Å²) >= 11 is 0. The standard InChI is InChI=1S/C30H33N5O8S/c36-20-18-35(19-21-37)44(41,42)26-12-8-23(9-13-26)33-14-16-34(17-15-33)30(27(38)31-29(40)32-28(30)39)22-6-10-25(11-7-22)43-24-4-2-1-3-5-24/h1-13,36-37H,14-21H2,(H2,31,32,38,39,40). The molecule has 2 aliphatic heterocycles.